The normalized spacial score (nSPS) is 20.2. The Kier molecular flexibility index (Phi) is 4.74. The number of nitrogens with zero attached hydrogens (tertiary/aromatic N) is 1. The minimum absolute atomic E-state index is 0.193. The van der Waals surface area contributed by atoms with Crippen molar-refractivity contribution in [3.63, 3.8) is 0 Å². The Morgan fingerprint density at radius 1 is 1.33 bits per heavy atom. The summed E-state index contributed by atoms with van der Waals surface area (Å²) in [6, 6.07) is 7.10. The molecule has 0 bridgehead atoms. The quantitative estimate of drug-likeness (QED) is 0.799. The van der Waals surface area contributed by atoms with E-state index in [9.17, 15) is 4.39 Å². The van der Waals surface area contributed by atoms with Crippen LogP contribution in [0.3, 0.4) is 0 Å². The molecule has 0 spiro atoms. The molecule has 1 heterocycles. The second-order valence-electron chi connectivity index (χ2n) is 4.68. The van der Waals surface area contributed by atoms with Crippen molar-refractivity contribution in [3.8, 4) is 11.8 Å². The summed E-state index contributed by atoms with van der Waals surface area (Å²) in [6.07, 6.45) is 0.695. The van der Waals surface area contributed by atoms with Gasteiger partial charge in [0.15, 0.2) is 0 Å². The van der Waals surface area contributed by atoms with Crippen molar-refractivity contribution in [3.05, 3.63) is 35.6 Å². The van der Waals surface area contributed by atoms with Crippen LogP contribution in [0.2, 0.25) is 0 Å². The summed E-state index contributed by atoms with van der Waals surface area (Å²) < 4.78 is 12.7. The van der Waals surface area contributed by atoms with E-state index in [0.29, 0.717) is 12.5 Å². The minimum Gasteiger partial charge on any atom is -0.314 e. The number of piperazine rings is 1. The van der Waals surface area contributed by atoms with Crippen LogP contribution in [-0.2, 0) is 6.42 Å². The van der Waals surface area contributed by atoms with Gasteiger partial charge in [0.2, 0.25) is 0 Å². The molecule has 1 aromatic carbocycles. The first-order valence-electron chi connectivity index (χ1n) is 6.40. The smallest absolute Gasteiger partial charge is 0.123 e. The monoisotopic (exact) mass is 246 g/mol. The number of halogens is 1. The van der Waals surface area contributed by atoms with Crippen molar-refractivity contribution in [1.29, 1.82) is 0 Å². The molecule has 2 rings (SSSR count). The summed E-state index contributed by atoms with van der Waals surface area (Å²) in [6.45, 7) is 6.19. The van der Waals surface area contributed by atoms with Gasteiger partial charge in [-0.1, -0.05) is 24.0 Å². The Morgan fingerprint density at radius 2 is 2.11 bits per heavy atom. The Morgan fingerprint density at radius 3 is 2.83 bits per heavy atom. The highest BCUT2D eigenvalue weighted by Crippen LogP contribution is 2.03. The van der Waals surface area contributed by atoms with E-state index in [4.69, 9.17) is 0 Å². The van der Waals surface area contributed by atoms with E-state index < -0.39 is 0 Å². The standard InChI is InChI=1S/C15H19FN2/c1-13-12-17-9-11-18(13)10-3-2-4-14-5-7-15(16)8-6-14/h5-8,13,17H,4,9-12H2,1H3. The van der Waals surface area contributed by atoms with Crippen LogP contribution >= 0.6 is 0 Å². The van der Waals surface area contributed by atoms with Gasteiger partial charge in [0, 0.05) is 32.1 Å². The number of hydrogen-bond donors (Lipinski definition) is 1. The number of benzene rings is 1. The van der Waals surface area contributed by atoms with Crippen molar-refractivity contribution < 1.29 is 4.39 Å². The first-order valence-corrected chi connectivity index (χ1v) is 6.40. The minimum atomic E-state index is -0.193. The van der Waals surface area contributed by atoms with E-state index >= 15 is 0 Å². The Hall–Kier alpha value is -1.37. The molecule has 0 amide bonds. The van der Waals surface area contributed by atoms with Crippen LogP contribution in [0.5, 0.6) is 0 Å². The Bertz CT molecular complexity index is 430. The molecule has 1 aromatic rings. The predicted molar refractivity (Wildman–Crippen MR) is 71.8 cm³/mol. The molecule has 1 saturated heterocycles. The lowest BCUT2D eigenvalue weighted by atomic mass is 10.1. The van der Waals surface area contributed by atoms with Crippen molar-refractivity contribution in [2.45, 2.75) is 19.4 Å². The van der Waals surface area contributed by atoms with Gasteiger partial charge < -0.3 is 5.32 Å². The highest BCUT2D eigenvalue weighted by Gasteiger charge is 2.15. The fraction of sp³-hybridized carbons (Fsp3) is 0.467. The topological polar surface area (TPSA) is 15.3 Å². The largest absolute Gasteiger partial charge is 0.314 e. The molecule has 1 aliphatic rings. The van der Waals surface area contributed by atoms with Crippen molar-refractivity contribution in [1.82, 2.24) is 10.2 Å². The van der Waals surface area contributed by atoms with Crippen LogP contribution in [0.4, 0.5) is 4.39 Å². The van der Waals surface area contributed by atoms with Crippen LogP contribution in [0.1, 0.15) is 12.5 Å². The Balaban J connectivity index is 1.80. The van der Waals surface area contributed by atoms with Crippen LogP contribution in [-0.4, -0.2) is 37.1 Å². The maximum atomic E-state index is 12.7. The van der Waals surface area contributed by atoms with Crippen molar-refractivity contribution in [2.75, 3.05) is 26.2 Å². The van der Waals surface area contributed by atoms with Gasteiger partial charge in [-0.15, -0.1) is 0 Å². The number of rotatable bonds is 2. The van der Waals surface area contributed by atoms with Crippen LogP contribution in [0, 0.1) is 17.7 Å². The third-order valence-electron chi connectivity index (χ3n) is 3.25. The maximum Gasteiger partial charge on any atom is 0.123 e. The Labute approximate surface area is 108 Å². The molecular formula is C15H19FN2. The maximum absolute atomic E-state index is 12.7. The predicted octanol–water partition coefficient (Wildman–Crippen LogP) is 1.67. The molecule has 1 unspecified atom stereocenters. The number of hydrogen-bond acceptors (Lipinski definition) is 2. The highest BCUT2D eigenvalue weighted by molar-refractivity contribution is 5.21. The molecule has 3 heteroatoms. The average molecular weight is 246 g/mol. The third-order valence-corrected chi connectivity index (χ3v) is 3.25. The second kappa shape index (κ2) is 6.53. The van der Waals surface area contributed by atoms with Crippen LogP contribution in [0.25, 0.3) is 0 Å². The summed E-state index contributed by atoms with van der Waals surface area (Å²) in [5.41, 5.74) is 1.07. The van der Waals surface area contributed by atoms with E-state index in [1.807, 2.05) is 0 Å². The SMILES string of the molecule is CC1CNCCN1CC#CCc1ccc(F)cc1. The molecule has 0 aliphatic carbocycles. The van der Waals surface area contributed by atoms with Gasteiger partial charge in [0.25, 0.3) is 0 Å². The van der Waals surface area contributed by atoms with Crippen molar-refractivity contribution >= 4 is 0 Å². The zero-order valence-corrected chi connectivity index (χ0v) is 10.7. The molecule has 18 heavy (non-hydrogen) atoms. The van der Waals surface area contributed by atoms with Gasteiger partial charge in [-0.05, 0) is 24.6 Å². The molecule has 0 saturated carbocycles. The third kappa shape index (κ3) is 3.83. The van der Waals surface area contributed by atoms with Gasteiger partial charge in [-0.2, -0.15) is 0 Å². The van der Waals surface area contributed by atoms with E-state index in [1.54, 1.807) is 12.1 Å². The summed E-state index contributed by atoms with van der Waals surface area (Å²) in [5, 5.41) is 3.36. The lowest BCUT2D eigenvalue weighted by Crippen LogP contribution is -2.49. The molecule has 2 nitrogen and oxygen atoms in total. The van der Waals surface area contributed by atoms with Crippen molar-refractivity contribution in [2.24, 2.45) is 0 Å². The summed E-state index contributed by atoms with van der Waals surface area (Å²) in [4.78, 5) is 2.38. The molecule has 1 fully saturated rings. The number of nitrogens with one attached hydrogen (secondary N) is 1. The zero-order valence-electron chi connectivity index (χ0n) is 10.7. The van der Waals surface area contributed by atoms with Gasteiger partial charge in [-0.25, -0.2) is 4.39 Å². The summed E-state index contributed by atoms with van der Waals surface area (Å²) in [7, 11) is 0. The van der Waals surface area contributed by atoms with Gasteiger partial charge in [0.05, 0.1) is 6.54 Å². The first kappa shape index (κ1) is 13.1. The molecule has 1 atom stereocenters. The zero-order chi connectivity index (χ0) is 12.8. The lowest BCUT2D eigenvalue weighted by Gasteiger charge is -2.32. The van der Waals surface area contributed by atoms with E-state index in [2.05, 4.69) is 29.0 Å². The molecule has 1 N–H and O–H groups in total. The molecule has 1 aliphatic heterocycles. The summed E-state index contributed by atoms with van der Waals surface area (Å²) in [5.74, 6) is 6.16. The molecule has 0 radical (unpaired) electrons. The van der Waals surface area contributed by atoms with Crippen LogP contribution < -0.4 is 5.32 Å². The fourth-order valence-corrected chi connectivity index (χ4v) is 2.04. The molecule has 0 aromatic heterocycles. The lowest BCUT2D eigenvalue weighted by molar-refractivity contribution is 0.196. The highest BCUT2D eigenvalue weighted by atomic mass is 19.1. The van der Waals surface area contributed by atoms with Gasteiger partial charge in [0.1, 0.15) is 5.82 Å². The van der Waals surface area contributed by atoms with E-state index in [-0.39, 0.29) is 5.82 Å². The molecule has 96 valence electrons. The van der Waals surface area contributed by atoms with Crippen LogP contribution in [0.15, 0.2) is 24.3 Å². The van der Waals surface area contributed by atoms with E-state index in [1.165, 1.54) is 12.1 Å². The average Bonchev–Trinajstić information content (AvgIpc) is 2.39. The van der Waals surface area contributed by atoms with Gasteiger partial charge in [-0.3, -0.25) is 4.90 Å². The fourth-order valence-electron chi connectivity index (χ4n) is 2.04. The van der Waals surface area contributed by atoms with Gasteiger partial charge >= 0.3 is 0 Å². The first-order chi connectivity index (χ1) is 8.75. The summed E-state index contributed by atoms with van der Waals surface area (Å²) >= 11 is 0. The molecular weight excluding hydrogens is 227 g/mol. The van der Waals surface area contributed by atoms with E-state index in [0.717, 1.165) is 31.7 Å². The second-order valence-corrected chi connectivity index (χ2v) is 4.68.